The van der Waals surface area contributed by atoms with Crippen LogP contribution in [0.5, 0.6) is 0 Å². The molecule has 0 saturated heterocycles. The molecule has 2 aliphatic rings. The van der Waals surface area contributed by atoms with Crippen LogP contribution in [-0.2, 0) is 9.47 Å². The lowest BCUT2D eigenvalue weighted by Gasteiger charge is -2.49. The molecule has 0 spiro atoms. The highest BCUT2D eigenvalue weighted by Crippen LogP contribution is 2.62. The second kappa shape index (κ2) is 6.89. The molecule has 3 heteroatoms. The van der Waals surface area contributed by atoms with Crippen LogP contribution in [0.15, 0.2) is 0 Å². The Morgan fingerprint density at radius 2 is 1.62 bits per heavy atom. The molecule has 0 bridgehead atoms. The van der Waals surface area contributed by atoms with Gasteiger partial charge in [0.1, 0.15) is 0 Å². The molecule has 0 radical (unpaired) electrons. The molecule has 0 aliphatic heterocycles. The van der Waals surface area contributed by atoms with Crippen molar-refractivity contribution in [2.45, 2.75) is 97.3 Å². The summed E-state index contributed by atoms with van der Waals surface area (Å²) in [4.78, 5) is 0. The molecule has 0 aromatic carbocycles. The molecule has 2 aliphatic carbocycles. The van der Waals surface area contributed by atoms with Crippen molar-refractivity contribution >= 4 is 0 Å². The number of hydrogen-bond donors (Lipinski definition) is 1. The molecule has 0 amide bonds. The lowest BCUT2D eigenvalue weighted by atomic mass is 9.68. The predicted molar refractivity (Wildman–Crippen MR) is 101 cm³/mol. The lowest BCUT2D eigenvalue weighted by molar-refractivity contribution is -0.126. The van der Waals surface area contributed by atoms with Gasteiger partial charge in [0.15, 0.2) is 0 Å². The van der Waals surface area contributed by atoms with Crippen molar-refractivity contribution in [3.05, 3.63) is 0 Å². The highest BCUT2D eigenvalue weighted by molar-refractivity contribution is 5.11. The van der Waals surface area contributed by atoms with Gasteiger partial charge in [-0.25, -0.2) is 0 Å². The molecule has 5 atom stereocenters. The van der Waals surface area contributed by atoms with E-state index in [1.165, 1.54) is 19.3 Å². The van der Waals surface area contributed by atoms with Gasteiger partial charge in [-0.1, -0.05) is 20.8 Å². The molecule has 24 heavy (non-hydrogen) atoms. The zero-order valence-corrected chi connectivity index (χ0v) is 17.4. The molecular weight excluding hydrogens is 298 g/mol. The summed E-state index contributed by atoms with van der Waals surface area (Å²) in [7, 11) is 2.08. The lowest BCUT2D eigenvalue weighted by Crippen LogP contribution is -2.57. The number of hydrogen-bond acceptors (Lipinski definition) is 3. The monoisotopic (exact) mass is 339 g/mol. The van der Waals surface area contributed by atoms with Gasteiger partial charge in [-0.05, 0) is 72.8 Å². The zero-order valence-electron chi connectivity index (χ0n) is 17.4. The fourth-order valence-electron chi connectivity index (χ4n) is 4.10. The van der Waals surface area contributed by atoms with Crippen molar-refractivity contribution in [3.8, 4) is 0 Å². The van der Waals surface area contributed by atoms with Crippen LogP contribution >= 0.6 is 0 Å². The van der Waals surface area contributed by atoms with Gasteiger partial charge in [-0.15, -0.1) is 0 Å². The van der Waals surface area contributed by atoms with Crippen molar-refractivity contribution in [2.24, 2.45) is 17.3 Å². The Balaban J connectivity index is 1.90. The van der Waals surface area contributed by atoms with Crippen LogP contribution < -0.4 is 5.32 Å². The largest absolute Gasteiger partial charge is 0.375 e. The van der Waals surface area contributed by atoms with Gasteiger partial charge >= 0.3 is 0 Å². The maximum atomic E-state index is 6.60. The Hall–Kier alpha value is -0.120. The summed E-state index contributed by atoms with van der Waals surface area (Å²) in [6, 6.07) is 0. The number of ether oxygens (including phenoxy) is 2. The van der Waals surface area contributed by atoms with E-state index in [1.54, 1.807) is 0 Å². The minimum atomic E-state index is -0.0401. The van der Waals surface area contributed by atoms with Crippen molar-refractivity contribution in [1.82, 2.24) is 5.32 Å². The van der Waals surface area contributed by atoms with E-state index in [0.29, 0.717) is 11.8 Å². The summed E-state index contributed by atoms with van der Waals surface area (Å²) in [5.41, 5.74) is 0.479. The van der Waals surface area contributed by atoms with Crippen LogP contribution in [0, 0.1) is 17.3 Å². The first-order chi connectivity index (χ1) is 11.1. The summed E-state index contributed by atoms with van der Waals surface area (Å²) in [6.45, 7) is 17.7. The van der Waals surface area contributed by atoms with Gasteiger partial charge in [0.05, 0.1) is 24.4 Å². The summed E-state index contributed by atoms with van der Waals surface area (Å²) < 4.78 is 12.8. The Bertz CT molecular complexity index is 434. The third kappa shape index (κ3) is 3.68. The van der Waals surface area contributed by atoms with Gasteiger partial charge in [0, 0.05) is 16.9 Å². The van der Waals surface area contributed by atoms with Gasteiger partial charge < -0.3 is 14.8 Å². The smallest absolute Gasteiger partial charge is 0.0708 e. The molecular formula is C21H41NO2. The molecule has 0 aromatic rings. The zero-order chi connectivity index (χ0) is 18.2. The minimum Gasteiger partial charge on any atom is -0.375 e. The first kappa shape index (κ1) is 20.2. The minimum absolute atomic E-state index is 0.00644. The number of rotatable bonds is 10. The first-order valence-electron chi connectivity index (χ1n) is 10.0. The molecule has 1 N–H and O–H groups in total. The molecule has 5 unspecified atom stereocenters. The van der Waals surface area contributed by atoms with Gasteiger partial charge in [-0.3, -0.25) is 0 Å². The van der Waals surface area contributed by atoms with E-state index in [0.717, 1.165) is 26.1 Å². The van der Waals surface area contributed by atoms with Crippen LogP contribution in [-0.4, -0.2) is 37.0 Å². The first-order valence-corrected chi connectivity index (χ1v) is 10.0. The summed E-state index contributed by atoms with van der Waals surface area (Å²) in [6.07, 6.45) is 5.90. The fourth-order valence-corrected chi connectivity index (χ4v) is 4.10. The van der Waals surface area contributed by atoms with Crippen molar-refractivity contribution < 1.29 is 9.47 Å². The van der Waals surface area contributed by atoms with Crippen molar-refractivity contribution in [2.75, 3.05) is 20.3 Å². The number of nitrogens with one attached hydrogen (secondary N) is 1. The van der Waals surface area contributed by atoms with Gasteiger partial charge in [0.2, 0.25) is 0 Å². The molecule has 2 saturated carbocycles. The predicted octanol–water partition coefficient (Wildman–Crippen LogP) is 4.79. The van der Waals surface area contributed by atoms with E-state index < -0.39 is 0 Å². The Kier molecular flexibility index (Phi) is 5.80. The van der Waals surface area contributed by atoms with Crippen LogP contribution in [0.4, 0.5) is 0 Å². The average Bonchev–Trinajstić information content (AvgIpc) is 3.23. The van der Waals surface area contributed by atoms with E-state index in [9.17, 15) is 0 Å². The summed E-state index contributed by atoms with van der Waals surface area (Å²) in [5, 5.41) is 3.49. The quantitative estimate of drug-likeness (QED) is 0.620. The SMILES string of the molecule is CCC(C)(C)OCC1CC1(C)C(C)(CC)OCC1CCC1(C)NC. The van der Waals surface area contributed by atoms with E-state index in [2.05, 4.69) is 60.8 Å². The van der Waals surface area contributed by atoms with Crippen LogP contribution in [0.3, 0.4) is 0 Å². The third-order valence-corrected chi connectivity index (χ3v) is 7.91. The molecule has 142 valence electrons. The second-order valence-electron chi connectivity index (χ2n) is 9.54. The van der Waals surface area contributed by atoms with E-state index in [-0.39, 0.29) is 22.2 Å². The Labute approximate surface area is 150 Å². The summed E-state index contributed by atoms with van der Waals surface area (Å²) >= 11 is 0. The highest BCUT2D eigenvalue weighted by atomic mass is 16.5. The highest BCUT2D eigenvalue weighted by Gasteiger charge is 2.61. The summed E-state index contributed by atoms with van der Waals surface area (Å²) in [5.74, 6) is 1.27. The van der Waals surface area contributed by atoms with Gasteiger partial charge in [-0.2, -0.15) is 0 Å². The van der Waals surface area contributed by atoms with Crippen molar-refractivity contribution in [1.29, 1.82) is 0 Å². The third-order valence-electron chi connectivity index (χ3n) is 7.91. The maximum absolute atomic E-state index is 6.60. The topological polar surface area (TPSA) is 30.5 Å². The van der Waals surface area contributed by atoms with Crippen LogP contribution in [0.2, 0.25) is 0 Å². The van der Waals surface area contributed by atoms with E-state index in [1.807, 2.05) is 0 Å². The molecule has 2 rings (SSSR count). The molecule has 2 fully saturated rings. The Morgan fingerprint density at radius 1 is 1.00 bits per heavy atom. The van der Waals surface area contributed by atoms with E-state index >= 15 is 0 Å². The standard InChI is InChI=1S/C21H41NO2/c1-9-18(3,4)23-15-17-13-19(17,5)21(7,10-2)24-14-16-11-12-20(16,6)22-8/h16-17,22H,9-15H2,1-8H3. The molecule has 3 nitrogen and oxygen atoms in total. The van der Waals surface area contributed by atoms with Crippen LogP contribution in [0.1, 0.15) is 80.6 Å². The maximum Gasteiger partial charge on any atom is 0.0708 e. The molecule has 0 heterocycles. The van der Waals surface area contributed by atoms with Crippen molar-refractivity contribution in [3.63, 3.8) is 0 Å². The fraction of sp³-hybridized carbons (Fsp3) is 1.00. The second-order valence-corrected chi connectivity index (χ2v) is 9.54. The van der Waals surface area contributed by atoms with Gasteiger partial charge in [0.25, 0.3) is 0 Å². The Morgan fingerprint density at radius 3 is 2.08 bits per heavy atom. The van der Waals surface area contributed by atoms with E-state index in [4.69, 9.17) is 9.47 Å². The van der Waals surface area contributed by atoms with Crippen LogP contribution in [0.25, 0.3) is 0 Å². The normalized spacial score (nSPS) is 38.5. The average molecular weight is 340 g/mol. The molecule has 0 aromatic heterocycles.